The van der Waals surface area contributed by atoms with Gasteiger partial charge in [-0.2, -0.15) is 0 Å². The molecular formula is C13H20N2O. The lowest BCUT2D eigenvalue weighted by molar-refractivity contribution is 0.172. The molecule has 0 bridgehead atoms. The van der Waals surface area contributed by atoms with Gasteiger partial charge < -0.3 is 10.0 Å². The SMILES string of the molecule is CCC(O)c1ccc(N2CCCC2)nc1C. The summed E-state index contributed by atoms with van der Waals surface area (Å²) in [5.74, 6) is 1.06. The molecule has 1 fully saturated rings. The second-order valence-corrected chi connectivity index (χ2v) is 4.46. The molecule has 16 heavy (non-hydrogen) atoms. The van der Waals surface area contributed by atoms with Crippen molar-refractivity contribution in [1.29, 1.82) is 0 Å². The van der Waals surface area contributed by atoms with Gasteiger partial charge in [-0.25, -0.2) is 4.98 Å². The normalized spacial score (nSPS) is 17.8. The molecule has 1 aromatic rings. The van der Waals surface area contributed by atoms with Crippen LogP contribution in [0.3, 0.4) is 0 Å². The Morgan fingerprint density at radius 2 is 2.06 bits per heavy atom. The third-order valence-electron chi connectivity index (χ3n) is 3.29. The summed E-state index contributed by atoms with van der Waals surface area (Å²) in [6, 6.07) is 4.05. The van der Waals surface area contributed by atoms with E-state index in [1.54, 1.807) is 0 Å². The summed E-state index contributed by atoms with van der Waals surface area (Å²) in [4.78, 5) is 6.90. The van der Waals surface area contributed by atoms with Crippen LogP contribution in [0.15, 0.2) is 12.1 Å². The van der Waals surface area contributed by atoms with Crippen LogP contribution in [0.1, 0.15) is 43.5 Å². The molecule has 88 valence electrons. The van der Waals surface area contributed by atoms with Crippen LogP contribution in [0.4, 0.5) is 5.82 Å². The summed E-state index contributed by atoms with van der Waals surface area (Å²) in [5.41, 5.74) is 1.92. The number of aryl methyl sites for hydroxylation is 1. The molecule has 0 radical (unpaired) electrons. The molecule has 2 heterocycles. The number of hydrogen-bond donors (Lipinski definition) is 1. The van der Waals surface area contributed by atoms with Crippen molar-refractivity contribution in [2.75, 3.05) is 18.0 Å². The third-order valence-corrected chi connectivity index (χ3v) is 3.29. The summed E-state index contributed by atoms with van der Waals surface area (Å²) in [6.07, 6.45) is 2.89. The topological polar surface area (TPSA) is 36.4 Å². The van der Waals surface area contributed by atoms with Crippen LogP contribution in [-0.4, -0.2) is 23.2 Å². The van der Waals surface area contributed by atoms with Gasteiger partial charge in [0.15, 0.2) is 0 Å². The van der Waals surface area contributed by atoms with E-state index >= 15 is 0 Å². The van der Waals surface area contributed by atoms with E-state index in [4.69, 9.17) is 0 Å². The average Bonchev–Trinajstić information content (AvgIpc) is 2.81. The lowest BCUT2D eigenvalue weighted by atomic mass is 10.1. The van der Waals surface area contributed by atoms with Gasteiger partial charge in [0, 0.05) is 24.3 Å². The lowest BCUT2D eigenvalue weighted by Gasteiger charge is -2.19. The number of pyridine rings is 1. The van der Waals surface area contributed by atoms with Crippen molar-refractivity contribution < 1.29 is 5.11 Å². The van der Waals surface area contributed by atoms with Crippen LogP contribution in [0, 0.1) is 6.92 Å². The lowest BCUT2D eigenvalue weighted by Crippen LogP contribution is -2.19. The predicted molar refractivity (Wildman–Crippen MR) is 65.7 cm³/mol. The first-order chi connectivity index (χ1) is 7.72. The maximum atomic E-state index is 9.81. The van der Waals surface area contributed by atoms with Crippen LogP contribution in [0.25, 0.3) is 0 Å². The maximum absolute atomic E-state index is 9.81. The molecule has 1 atom stereocenters. The van der Waals surface area contributed by atoms with Crippen molar-refractivity contribution in [3.8, 4) is 0 Å². The summed E-state index contributed by atoms with van der Waals surface area (Å²) in [5, 5.41) is 9.81. The van der Waals surface area contributed by atoms with Crippen LogP contribution in [0.5, 0.6) is 0 Å². The van der Waals surface area contributed by atoms with Gasteiger partial charge in [0.25, 0.3) is 0 Å². The molecule has 0 saturated carbocycles. The van der Waals surface area contributed by atoms with E-state index in [2.05, 4.69) is 9.88 Å². The van der Waals surface area contributed by atoms with Gasteiger partial charge in [0.1, 0.15) is 5.82 Å². The first kappa shape index (κ1) is 11.4. The molecule has 1 aliphatic rings. The number of nitrogens with zero attached hydrogens (tertiary/aromatic N) is 2. The van der Waals surface area contributed by atoms with Gasteiger partial charge in [-0.3, -0.25) is 0 Å². The van der Waals surface area contributed by atoms with Gasteiger partial charge in [-0.05, 0) is 32.3 Å². The summed E-state index contributed by atoms with van der Waals surface area (Å²) < 4.78 is 0. The zero-order valence-corrected chi connectivity index (χ0v) is 10.1. The highest BCUT2D eigenvalue weighted by atomic mass is 16.3. The van der Waals surface area contributed by atoms with E-state index in [-0.39, 0.29) is 6.10 Å². The highest BCUT2D eigenvalue weighted by molar-refractivity contribution is 5.42. The smallest absolute Gasteiger partial charge is 0.128 e. The Hall–Kier alpha value is -1.09. The third kappa shape index (κ3) is 2.19. The molecule has 0 aliphatic carbocycles. The van der Waals surface area contributed by atoms with E-state index in [0.717, 1.165) is 36.6 Å². The van der Waals surface area contributed by atoms with Crippen LogP contribution >= 0.6 is 0 Å². The summed E-state index contributed by atoms with van der Waals surface area (Å²) >= 11 is 0. The molecule has 0 spiro atoms. The van der Waals surface area contributed by atoms with Crippen molar-refractivity contribution in [1.82, 2.24) is 4.98 Å². The quantitative estimate of drug-likeness (QED) is 0.850. The Balaban J connectivity index is 2.21. The van der Waals surface area contributed by atoms with Crippen LogP contribution in [-0.2, 0) is 0 Å². The van der Waals surface area contributed by atoms with E-state index in [1.165, 1.54) is 12.8 Å². The molecule has 2 rings (SSSR count). The number of aromatic nitrogens is 1. The van der Waals surface area contributed by atoms with Crippen molar-refractivity contribution in [2.45, 2.75) is 39.2 Å². The van der Waals surface area contributed by atoms with Gasteiger partial charge >= 0.3 is 0 Å². The summed E-state index contributed by atoms with van der Waals surface area (Å²) in [6.45, 7) is 6.19. The Bertz CT molecular complexity index is 359. The molecule has 0 amide bonds. The molecule has 0 aromatic carbocycles. The van der Waals surface area contributed by atoms with Crippen molar-refractivity contribution in [3.63, 3.8) is 0 Å². The second kappa shape index (κ2) is 4.83. The number of hydrogen-bond acceptors (Lipinski definition) is 3. The fraction of sp³-hybridized carbons (Fsp3) is 0.615. The standard InChI is InChI=1S/C13H20N2O/c1-3-12(16)11-6-7-13(14-10(11)2)15-8-4-5-9-15/h6-7,12,16H,3-5,8-9H2,1-2H3. The Labute approximate surface area is 97.1 Å². The highest BCUT2D eigenvalue weighted by Gasteiger charge is 2.15. The molecule has 1 aromatic heterocycles. The maximum Gasteiger partial charge on any atom is 0.128 e. The Morgan fingerprint density at radius 3 is 2.62 bits per heavy atom. The number of aliphatic hydroxyl groups excluding tert-OH is 1. The average molecular weight is 220 g/mol. The largest absolute Gasteiger partial charge is 0.388 e. The first-order valence-electron chi connectivity index (χ1n) is 6.13. The molecule has 3 heteroatoms. The first-order valence-corrected chi connectivity index (χ1v) is 6.13. The zero-order valence-electron chi connectivity index (χ0n) is 10.1. The van der Waals surface area contributed by atoms with E-state index in [1.807, 2.05) is 26.0 Å². The van der Waals surface area contributed by atoms with Crippen molar-refractivity contribution in [3.05, 3.63) is 23.4 Å². The Morgan fingerprint density at radius 1 is 1.38 bits per heavy atom. The monoisotopic (exact) mass is 220 g/mol. The zero-order chi connectivity index (χ0) is 11.5. The van der Waals surface area contributed by atoms with Gasteiger partial charge in [-0.1, -0.05) is 13.0 Å². The van der Waals surface area contributed by atoms with Crippen LogP contribution < -0.4 is 4.90 Å². The van der Waals surface area contributed by atoms with Gasteiger partial charge in [0.2, 0.25) is 0 Å². The Kier molecular flexibility index (Phi) is 3.44. The van der Waals surface area contributed by atoms with E-state index in [0.29, 0.717) is 0 Å². The minimum atomic E-state index is -0.375. The minimum absolute atomic E-state index is 0.375. The fourth-order valence-electron chi connectivity index (χ4n) is 2.25. The molecule has 1 aliphatic heterocycles. The van der Waals surface area contributed by atoms with E-state index < -0.39 is 0 Å². The molecule has 1 unspecified atom stereocenters. The molecule has 1 N–H and O–H groups in total. The molecule has 3 nitrogen and oxygen atoms in total. The fourth-order valence-corrected chi connectivity index (χ4v) is 2.25. The van der Waals surface area contributed by atoms with Crippen LogP contribution in [0.2, 0.25) is 0 Å². The summed E-state index contributed by atoms with van der Waals surface area (Å²) in [7, 11) is 0. The second-order valence-electron chi connectivity index (χ2n) is 4.46. The predicted octanol–water partition coefficient (Wildman–Crippen LogP) is 2.43. The number of aliphatic hydroxyl groups is 1. The van der Waals surface area contributed by atoms with Gasteiger partial charge in [0.05, 0.1) is 6.10 Å². The molecular weight excluding hydrogens is 200 g/mol. The number of rotatable bonds is 3. The number of anilines is 1. The van der Waals surface area contributed by atoms with Crippen molar-refractivity contribution in [2.24, 2.45) is 0 Å². The van der Waals surface area contributed by atoms with E-state index in [9.17, 15) is 5.11 Å². The minimum Gasteiger partial charge on any atom is -0.388 e. The van der Waals surface area contributed by atoms with Crippen molar-refractivity contribution >= 4 is 5.82 Å². The van der Waals surface area contributed by atoms with Gasteiger partial charge in [-0.15, -0.1) is 0 Å². The highest BCUT2D eigenvalue weighted by Crippen LogP contribution is 2.24. The molecule has 1 saturated heterocycles.